The predicted molar refractivity (Wildman–Crippen MR) is 120 cm³/mol. The molecule has 4 rings (SSSR count). The first-order chi connectivity index (χ1) is 14.4. The molecule has 6 nitrogen and oxygen atoms in total. The van der Waals surface area contributed by atoms with E-state index in [1.54, 1.807) is 5.51 Å². The number of aryl methyl sites for hydroxylation is 2. The lowest BCUT2D eigenvalue weighted by Crippen LogP contribution is -2.30. The topological polar surface area (TPSA) is 71.0 Å². The molecule has 1 saturated carbocycles. The Morgan fingerprint density at radius 1 is 1.23 bits per heavy atom. The third kappa shape index (κ3) is 4.67. The fourth-order valence-electron chi connectivity index (χ4n) is 3.45. The van der Waals surface area contributed by atoms with Gasteiger partial charge < -0.3 is 10.2 Å². The molecule has 0 aliphatic heterocycles. The maximum Gasteiger partial charge on any atom is 0.263 e. The van der Waals surface area contributed by atoms with Crippen LogP contribution in [0.25, 0.3) is 0 Å². The van der Waals surface area contributed by atoms with Gasteiger partial charge in [0, 0.05) is 38.2 Å². The van der Waals surface area contributed by atoms with Crippen LogP contribution in [-0.4, -0.2) is 35.0 Å². The molecule has 0 spiro atoms. The molecule has 1 N–H and O–H groups in total. The van der Waals surface area contributed by atoms with Crippen molar-refractivity contribution in [3.8, 4) is 0 Å². The average molecular weight is 422 g/mol. The highest BCUT2D eigenvalue weighted by molar-refractivity contribution is 7.11. The molecule has 30 heavy (non-hydrogen) atoms. The predicted octanol–water partition coefficient (Wildman–Crippen LogP) is 4.21. The summed E-state index contributed by atoms with van der Waals surface area (Å²) in [7, 11) is 3.99. The molecule has 0 radical (unpaired) electrons. The highest BCUT2D eigenvalue weighted by Gasteiger charge is 2.28. The number of hydrogen-bond acceptors (Lipinski definition) is 6. The van der Waals surface area contributed by atoms with E-state index in [1.807, 2.05) is 38.1 Å². The van der Waals surface area contributed by atoms with Crippen molar-refractivity contribution in [1.29, 1.82) is 0 Å². The van der Waals surface area contributed by atoms with Gasteiger partial charge in [0.15, 0.2) is 0 Å². The number of benzene rings is 1. The number of nitrogens with zero attached hydrogens (tertiary/aromatic N) is 4. The van der Waals surface area contributed by atoms with Crippen molar-refractivity contribution in [3.63, 3.8) is 0 Å². The van der Waals surface area contributed by atoms with E-state index in [0.717, 1.165) is 47.0 Å². The van der Waals surface area contributed by atoms with Gasteiger partial charge in [-0.1, -0.05) is 29.8 Å². The zero-order chi connectivity index (χ0) is 21.3. The molecule has 3 aromatic rings. The normalized spacial score (nSPS) is 14.4. The zero-order valence-corrected chi connectivity index (χ0v) is 18.7. The number of aromatic nitrogens is 3. The highest BCUT2D eigenvalue weighted by atomic mass is 32.1. The first-order valence-corrected chi connectivity index (χ1v) is 11.1. The minimum absolute atomic E-state index is 0.0918. The van der Waals surface area contributed by atoms with Crippen LogP contribution in [0.4, 0.5) is 5.82 Å². The fourth-order valence-corrected chi connectivity index (χ4v) is 4.16. The van der Waals surface area contributed by atoms with E-state index in [1.165, 1.54) is 11.3 Å². The number of thiazole rings is 1. The number of carbonyl (C=O) groups excluding carboxylic acids is 1. The average Bonchev–Trinajstić information content (AvgIpc) is 3.48. The second-order valence-electron chi connectivity index (χ2n) is 8.16. The van der Waals surface area contributed by atoms with Crippen LogP contribution >= 0.6 is 11.3 Å². The second kappa shape index (κ2) is 8.52. The lowest BCUT2D eigenvalue weighted by Gasteiger charge is -2.21. The van der Waals surface area contributed by atoms with Crippen molar-refractivity contribution >= 4 is 23.1 Å². The molecule has 156 valence electrons. The molecule has 2 aromatic heterocycles. The van der Waals surface area contributed by atoms with Gasteiger partial charge in [0.05, 0.1) is 17.2 Å². The fraction of sp³-hybridized carbons (Fsp3) is 0.391. The molecule has 1 aliphatic carbocycles. The van der Waals surface area contributed by atoms with Gasteiger partial charge in [-0.3, -0.25) is 4.79 Å². The summed E-state index contributed by atoms with van der Waals surface area (Å²) in [6.07, 6.45) is 2.91. The molecular weight excluding hydrogens is 394 g/mol. The molecule has 0 bridgehead atoms. The van der Waals surface area contributed by atoms with E-state index < -0.39 is 0 Å². The first kappa shape index (κ1) is 20.5. The van der Waals surface area contributed by atoms with Gasteiger partial charge in [-0.15, -0.1) is 11.3 Å². The maximum absolute atomic E-state index is 13.0. The summed E-state index contributed by atoms with van der Waals surface area (Å²) in [6.45, 7) is 3.93. The molecule has 1 amide bonds. The van der Waals surface area contributed by atoms with E-state index in [9.17, 15) is 4.79 Å². The number of nitrogens with one attached hydrogen (secondary N) is 1. The van der Waals surface area contributed by atoms with Crippen LogP contribution in [-0.2, 0) is 6.42 Å². The van der Waals surface area contributed by atoms with Crippen LogP contribution in [0.1, 0.15) is 62.8 Å². The van der Waals surface area contributed by atoms with Crippen molar-refractivity contribution in [1.82, 2.24) is 20.3 Å². The Morgan fingerprint density at radius 2 is 2.03 bits per heavy atom. The van der Waals surface area contributed by atoms with Crippen molar-refractivity contribution in [2.75, 3.05) is 19.0 Å². The Labute approximate surface area is 181 Å². The third-order valence-corrected chi connectivity index (χ3v) is 6.23. The van der Waals surface area contributed by atoms with E-state index >= 15 is 0 Å². The number of rotatable bonds is 7. The summed E-state index contributed by atoms with van der Waals surface area (Å²) in [4.78, 5) is 29.4. The Balaban J connectivity index is 1.66. The quantitative estimate of drug-likeness (QED) is 0.619. The molecule has 7 heteroatoms. The minimum atomic E-state index is -0.184. The van der Waals surface area contributed by atoms with Crippen LogP contribution in [0.15, 0.2) is 35.8 Å². The van der Waals surface area contributed by atoms with Gasteiger partial charge in [-0.25, -0.2) is 15.0 Å². The number of amides is 1. The summed E-state index contributed by atoms with van der Waals surface area (Å²) in [5.41, 5.74) is 5.65. The Morgan fingerprint density at radius 3 is 2.67 bits per heavy atom. The Hall–Kier alpha value is -2.80. The Kier molecular flexibility index (Phi) is 5.81. The van der Waals surface area contributed by atoms with Crippen molar-refractivity contribution < 1.29 is 4.79 Å². The van der Waals surface area contributed by atoms with Crippen LogP contribution in [0.2, 0.25) is 0 Å². The summed E-state index contributed by atoms with van der Waals surface area (Å²) in [6, 6.07) is 10.1. The van der Waals surface area contributed by atoms with Crippen LogP contribution in [0.5, 0.6) is 0 Å². The molecule has 1 aliphatic rings. The van der Waals surface area contributed by atoms with Gasteiger partial charge >= 0.3 is 0 Å². The van der Waals surface area contributed by atoms with E-state index in [0.29, 0.717) is 17.2 Å². The monoisotopic (exact) mass is 421 g/mol. The molecule has 0 saturated heterocycles. The largest absolute Gasteiger partial charge is 0.363 e. The molecule has 2 heterocycles. The van der Waals surface area contributed by atoms with Gasteiger partial charge in [0.25, 0.3) is 5.91 Å². The minimum Gasteiger partial charge on any atom is -0.363 e. The SMILES string of the molecule is Cc1cccc([C@@H](Cc2cc(N(C)C)nc(C3CC3)n2)NC(=O)c2scnc2C)c1. The van der Waals surface area contributed by atoms with Crippen LogP contribution < -0.4 is 10.2 Å². The second-order valence-corrected chi connectivity index (χ2v) is 9.01. The number of anilines is 1. The van der Waals surface area contributed by atoms with Crippen LogP contribution in [0, 0.1) is 13.8 Å². The van der Waals surface area contributed by atoms with Crippen molar-refractivity contribution in [2.24, 2.45) is 0 Å². The molecule has 0 unspecified atom stereocenters. The Bertz CT molecular complexity index is 1040. The van der Waals surface area contributed by atoms with Gasteiger partial charge in [-0.2, -0.15) is 0 Å². The maximum atomic E-state index is 13.0. The van der Waals surface area contributed by atoms with E-state index in [2.05, 4.69) is 35.4 Å². The third-order valence-electron chi connectivity index (χ3n) is 5.30. The first-order valence-electron chi connectivity index (χ1n) is 10.2. The van der Waals surface area contributed by atoms with Gasteiger partial charge in [0.2, 0.25) is 0 Å². The van der Waals surface area contributed by atoms with E-state index in [4.69, 9.17) is 9.97 Å². The highest BCUT2D eigenvalue weighted by Crippen LogP contribution is 2.38. The standard InChI is InChI=1S/C23H27N5OS/c1-14-6-5-7-17(10-14)19(26-23(29)21-15(2)24-13-30-21)11-18-12-20(28(3)4)27-22(25-18)16-8-9-16/h5-7,10,12-13,16,19H,8-9,11H2,1-4H3,(H,26,29)/t19-/m1/s1. The van der Waals surface area contributed by atoms with Crippen LogP contribution in [0.3, 0.4) is 0 Å². The molecular formula is C23H27N5OS. The summed E-state index contributed by atoms with van der Waals surface area (Å²) in [5.74, 6) is 2.21. The summed E-state index contributed by atoms with van der Waals surface area (Å²) in [5, 5.41) is 3.22. The smallest absolute Gasteiger partial charge is 0.263 e. The van der Waals surface area contributed by atoms with Crippen molar-refractivity contribution in [2.45, 2.75) is 45.1 Å². The lowest BCUT2D eigenvalue weighted by atomic mass is 9.99. The molecule has 1 aromatic carbocycles. The van der Waals surface area contributed by atoms with E-state index in [-0.39, 0.29) is 11.9 Å². The lowest BCUT2D eigenvalue weighted by molar-refractivity contribution is 0.0939. The van der Waals surface area contributed by atoms with Gasteiger partial charge in [-0.05, 0) is 32.3 Å². The summed E-state index contributed by atoms with van der Waals surface area (Å²) >= 11 is 1.37. The van der Waals surface area contributed by atoms with Gasteiger partial charge in [0.1, 0.15) is 16.5 Å². The number of carbonyl (C=O) groups is 1. The zero-order valence-electron chi connectivity index (χ0n) is 17.8. The molecule has 1 atom stereocenters. The van der Waals surface area contributed by atoms with Crippen molar-refractivity contribution in [3.05, 3.63) is 69.1 Å². The number of hydrogen-bond donors (Lipinski definition) is 1. The molecule has 1 fully saturated rings. The summed E-state index contributed by atoms with van der Waals surface area (Å²) < 4.78 is 0.